The van der Waals surface area contributed by atoms with Gasteiger partial charge in [-0.2, -0.15) is 0 Å². The van der Waals surface area contributed by atoms with Crippen molar-refractivity contribution in [1.29, 1.82) is 0 Å². The number of para-hydroxylation sites is 2. The van der Waals surface area contributed by atoms with Crippen molar-refractivity contribution in [1.82, 2.24) is 15.0 Å². The van der Waals surface area contributed by atoms with Crippen LogP contribution in [0.1, 0.15) is 13.8 Å². The van der Waals surface area contributed by atoms with Crippen LogP contribution in [0.3, 0.4) is 0 Å². The Bertz CT molecular complexity index is 558. The summed E-state index contributed by atoms with van der Waals surface area (Å²) >= 11 is 0. The van der Waals surface area contributed by atoms with Crippen molar-refractivity contribution >= 4 is 5.69 Å². The molecule has 0 spiro atoms. The Balaban J connectivity index is 1.75. The third-order valence-electron chi connectivity index (χ3n) is 3.20. The summed E-state index contributed by atoms with van der Waals surface area (Å²) in [6.07, 6.45) is 3.48. The van der Waals surface area contributed by atoms with Crippen LogP contribution in [0.5, 0.6) is 0 Å². The molecule has 6 nitrogen and oxygen atoms in total. The molecule has 3 rings (SSSR count). The van der Waals surface area contributed by atoms with E-state index in [1.165, 1.54) is 0 Å². The first-order chi connectivity index (χ1) is 9.64. The second kappa shape index (κ2) is 5.22. The van der Waals surface area contributed by atoms with E-state index in [1.807, 2.05) is 44.3 Å². The van der Waals surface area contributed by atoms with Crippen LogP contribution in [-0.4, -0.2) is 40.0 Å². The van der Waals surface area contributed by atoms with E-state index in [-0.39, 0.29) is 6.04 Å². The fourth-order valence-corrected chi connectivity index (χ4v) is 2.13. The van der Waals surface area contributed by atoms with Gasteiger partial charge in [-0.25, -0.2) is 4.68 Å². The molecule has 1 saturated heterocycles. The van der Waals surface area contributed by atoms with E-state index in [4.69, 9.17) is 9.47 Å². The number of nitrogens with zero attached hydrogens (tertiary/aromatic N) is 3. The van der Waals surface area contributed by atoms with Gasteiger partial charge in [-0.3, -0.25) is 0 Å². The molecule has 20 heavy (non-hydrogen) atoms. The lowest BCUT2D eigenvalue weighted by Crippen LogP contribution is -2.45. The number of ether oxygens (including phenoxy) is 2. The van der Waals surface area contributed by atoms with E-state index < -0.39 is 5.79 Å². The highest BCUT2D eigenvalue weighted by atomic mass is 16.7. The zero-order valence-corrected chi connectivity index (χ0v) is 11.6. The van der Waals surface area contributed by atoms with Crippen LogP contribution < -0.4 is 5.32 Å². The topological polar surface area (TPSA) is 61.2 Å². The number of anilines is 1. The van der Waals surface area contributed by atoms with Crippen LogP contribution in [0.25, 0.3) is 5.69 Å². The monoisotopic (exact) mass is 274 g/mol. The Kier molecular flexibility index (Phi) is 3.42. The van der Waals surface area contributed by atoms with Gasteiger partial charge in [-0.15, -0.1) is 5.10 Å². The van der Waals surface area contributed by atoms with E-state index in [0.29, 0.717) is 13.2 Å². The average molecular weight is 274 g/mol. The minimum absolute atomic E-state index is 0.118. The molecule has 1 aromatic carbocycles. The molecule has 0 saturated carbocycles. The molecule has 0 unspecified atom stereocenters. The predicted octanol–water partition coefficient (Wildman–Crippen LogP) is 1.83. The van der Waals surface area contributed by atoms with Gasteiger partial charge in [0.05, 0.1) is 43.0 Å². The maximum absolute atomic E-state index is 5.66. The largest absolute Gasteiger partial charge is 0.376 e. The lowest BCUT2D eigenvalue weighted by atomic mass is 10.2. The van der Waals surface area contributed by atoms with Gasteiger partial charge in [-0.05, 0) is 26.0 Å². The van der Waals surface area contributed by atoms with Crippen molar-refractivity contribution < 1.29 is 9.47 Å². The summed E-state index contributed by atoms with van der Waals surface area (Å²) in [6, 6.07) is 8.08. The van der Waals surface area contributed by atoms with E-state index in [2.05, 4.69) is 15.6 Å². The molecule has 106 valence electrons. The Hall–Kier alpha value is -1.92. The Morgan fingerprint density at radius 2 is 2.00 bits per heavy atom. The fourth-order valence-electron chi connectivity index (χ4n) is 2.13. The van der Waals surface area contributed by atoms with Gasteiger partial charge in [0, 0.05) is 0 Å². The molecule has 1 aliphatic rings. The van der Waals surface area contributed by atoms with E-state index >= 15 is 0 Å². The zero-order valence-electron chi connectivity index (χ0n) is 11.6. The van der Waals surface area contributed by atoms with Crippen LogP contribution in [0, 0.1) is 0 Å². The SMILES string of the molecule is CC1(C)OCC(Nc2ccccc2-n2ccnn2)CO1. The first kappa shape index (κ1) is 13.1. The van der Waals surface area contributed by atoms with E-state index in [0.717, 1.165) is 11.4 Å². The third-order valence-corrected chi connectivity index (χ3v) is 3.20. The highest BCUT2D eigenvalue weighted by Gasteiger charge is 2.28. The molecule has 1 aliphatic heterocycles. The van der Waals surface area contributed by atoms with Crippen LogP contribution >= 0.6 is 0 Å². The summed E-state index contributed by atoms with van der Waals surface area (Å²) in [4.78, 5) is 0. The third kappa shape index (κ3) is 2.81. The summed E-state index contributed by atoms with van der Waals surface area (Å²) in [6.45, 7) is 5.07. The molecule has 1 fully saturated rings. The minimum atomic E-state index is -0.496. The summed E-state index contributed by atoms with van der Waals surface area (Å²) in [5.74, 6) is -0.496. The van der Waals surface area contributed by atoms with E-state index in [9.17, 15) is 0 Å². The molecule has 0 bridgehead atoms. The summed E-state index contributed by atoms with van der Waals surface area (Å²) in [5.41, 5.74) is 1.93. The number of hydrogen-bond donors (Lipinski definition) is 1. The maximum atomic E-state index is 5.66. The smallest absolute Gasteiger partial charge is 0.162 e. The number of benzene rings is 1. The van der Waals surface area contributed by atoms with Crippen molar-refractivity contribution in [3.05, 3.63) is 36.7 Å². The van der Waals surface area contributed by atoms with Crippen LogP contribution in [-0.2, 0) is 9.47 Å². The van der Waals surface area contributed by atoms with Crippen LogP contribution in [0.4, 0.5) is 5.69 Å². The van der Waals surface area contributed by atoms with Crippen molar-refractivity contribution in [2.75, 3.05) is 18.5 Å². The van der Waals surface area contributed by atoms with Gasteiger partial charge in [0.1, 0.15) is 0 Å². The normalized spacial score (nSPS) is 18.9. The number of rotatable bonds is 3. The molecular weight excluding hydrogens is 256 g/mol. The molecule has 0 aliphatic carbocycles. The van der Waals surface area contributed by atoms with Crippen molar-refractivity contribution in [3.8, 4) is 5.69 Å². The molecule has 1 N–H and O–H groups in total. The molecule has 0 radical (unpaired) electrons. The second-order valence-corrected chi connectivity index (χ2v) is 5.23. The number of nitrogens with one attached hydrogen (secondary N) is 1. The Morgan fingerprint density at radius 3 is 2.70 bits per heavy atom. The fraction of sp³-hybridized carbons (Fsp3) is 0.429. The lowest BCUT2D eigenvalue weighted by Gasteiger charge is -2.35. The van der Waals surface area contributed by atoms with Crippen LogP contribution in [0.15, 0.2) is 36.7 Å². The van der Waals surface area contributed by atoms with Crippen molar-refractivity contribution in [2.45, 2.75) is 25.7 Å². The molecule has 0 atom stereocenters. The van der Waals surface area contributed by atoms with Gasteiger partial charge in [0.25, 0.3) is 0 Å². The first-order valence-electron chi connectivity index (χ1n) is 6.64. The summed E-state index contributed by atoms with van der Waals surface area (Å²) in [5, 5.41) is 11.3. The highest BCUT2D eigenvalue weighted by Crippen LogP contribution is 2.23. The highest BCUT2D eigenvalue weighted by molar-refractivity contribution is 5.61. The zero-order chi connectivity index (χ0) is 14.0. The molecule has 2 aromatic rings. The first-order valence-corrected chi connectivity index (χ1v) is 6.64. The summed E-state index contributed by atoms with van der Waals surface area (Å²) < 4.78 is 13.1. The van der Waals surface area contributed by atoms with Gasteiger partial charge >= 0.3 is 0 Å². The molecule has 1 aromatic heterocycles. The maximum Gasteiger partial charge on any atom is 0.162 e. The summed E-state index contributed by atoms with van der Waals surface area (Å²) in [7, 11) is 0. The molecular formula is C14H18N4O2. The van der Waals surface area contributed by atoms with Gasteiger partial charge < -0.3 is 14.8 Å². The van der Waals surface area contributed by atoms with Crippen molar-refractivity contribution in [3.63, 3.8) is 0 Å². The molecule has 0 amide bonds. The Morgan fingerprint density at radius 1 is 1.25 bits per heavy atom. The predicted molar refractivity (Wildman–Crippen MR) is 74.8 cm³/mol. The number of aromatic nitrogens is 3. The van der Waals surface area contributed by atoms with Gasteiger partial charge in [0.2, 0.25) is 0 Å². The molecule has 6 heteroatoms. The number of hydrogen-bond acceptors (Lipinski definition) is 5. The van der Waals surface area contributed by atoms with Crippen molar-refractivity contribution in [2.24, 2.45) is 0 Å². The average Bonchev–Trinajstić information content (AvgIpc) is 2.96. The minimum Gasteiger partial charge on any atom is -0.376 e. The quantitative estimate of drug-likeness (QED) is 0.925. The second-order valence-electron chi connectivity index (χ2n) is 5.23. The standard InChI is InChI=1S/C14H18N4O2/c1-14(2)19-9-11(10-20-14)16-12-5-3-4-6-13(12)18-8-7-15-17-18/h3-8,11,16H,9-10H2,1-2H3. The van der Waals surface area contributed by atoms with Crippen LogP contribution in [0.2, 0.25) is 0 Å². The lowest BCUT2D eigenvalue weighted by molar-refractivity contribution is -0.247. The van der Waals surface area contributed by atoms with Gasteiger partial charge in [-0.1, -0.05) is 17.3 Å². The Labute approximate surface area is 117 Å². The molecule has 2 heterocycles. The van der Waals surface area contributed by atoms with Gasteiger partial charge in [0.15, 0.2) is 5.79 Å². The van der Waals surface area contributed by atoms with E-state index in [1.54, 1.807) is 10.9 Å².